The van der Waals surface area contributed by atoms with Crippen molar-refractivity contribution < 1.29 is 4.79 Å². The van der Waals surface area contributed by atoms with E-state index in [1.807, 2.05) is 62.4 Å². The first-order chi connectivity index (χ1) is 12.0. The van der Waals surface area contributed by atoms with Crippen LogP contribution in [0.15, 0.2) is 58.0 Å². The molecule has 0 spiro atoms. The SMILES string of the molecule is Cc1nc(SCC(=O)N[C@H](C)c2ccccc2Br)c2ccccc2n1. The molecule has 0 aliphatic rings. The van der Waals surface area contributed by atoms with Crippen LogP contribution in [0.5, 0.6) is 0 Å². The molecule has 6 heteroatoms. The van der Waals surface area contributed by atoms with Gasteiger partial charge in [-0.1, -0.05) is 64.1 Å². The molecular weight excluding hydrogens is 398 g/mol. The Kier molecular flexibility index (Phi) is 5.71. The second-order valence-electron chi connectivity index (χ2n) is 5.69. The minimum atomic E-state index is -0.0624. The molecule has 1 atom stereocenters. The Labute approximate surface area is 159 Å². The largest absolute Gasteiger partial charge is 0.349 e. The zero-order valence-corrected chi connectivity index (χ0v) is 16.4. The van der Waals surface area contributed by atoms with Crippen LogP contribution >= 0.6 is 27.7 Å². The van der Waals surface area contributed by atoms with Gasteiger partial charge in [0.05, 0.1) is 17.3 Å². The van der Waals surface area contributed by atoms with Crippen molar-refractivity contribution in [3.63, 3.8) is 0 Å². The first-order valence-corrected chi connectivity index (χ1v) is 9.72. The average molecular weight is 416 g/mol. The second kappa shape index (κ2) is 7.97. The average Bonchev–Trinajstić information content (AvgIpc) is 2.59. The fourth-order valence-electron chi connectivity index (χ4n) is 2.59. The maximum atomic E-state index is 12.3. The number of halogens is 1. The summed E-state index contributed by atoms with van der Waals surface area (Å²) in [6.07, 6.45) is 0. The van der Waals surface area contributed by atoms with Gasteiger partial charge in [0.25, 0.3) is 0 Å². The van der Waals surface area contributed by atoms with E-state index in [0.29, 0.717) is 11.6 Å². The van der Waals surface area contributed by atoms with Gasteiger partial charge in [-0.3, -0.25) is 4.79 Å². The van der Waals surface area contributed by atoms with Crippen LogP contribution in [-0.4, -0.2) is 21.6 Å². The van der Waals surface area contributed by atoms with Gasteiger partial charge in [-0.05, 0) is 31.5 Å². The van der Waals surface area contributed by atoms with Crippen molar-refractivity contribution in [2.75, 3.05) is 5.75 Å². The molecule has 1 N–H and O–H groups in total. The summed E-state index contributed by atoms with van der Waals surface area (Å²) in [5.74, 6) is 1.01. The summed E-state index contributed by atoms with van der Waals surface area (Å²) < 4.78 is 0.993. The van der Waals surface area contributed by atoms with Crippen LogP contribution in [0.4, 0.5) is 0 Å². The highest BCUT2D eigenvalue weighted by atomic mass is 79.9. The van der Waals surface area contributed by atoms with Crippen LogP contribution in [0.2, 0.25) is 0 Å². The number of rotatable bonds is 5. The third kappa shape index (κ3) is 4.38. The molecule has 0 saturated carbocycles. The minimum absolute atomic E-state index is 0.0198. The molecule has 3 rings (SSSR count). The number of nitrogens with zero attached hydrogens (tertiary/aromatic N) is 2. The van der Waals surface area contributed by atoms with E-state index in [2.05, 4.69) is 31.2 Å². The van der Waals surface area contributed by atoms with Gasteiger partial charge in [-0.25, -0.2) is 9.97 Å². The fourth-order valence-corrected chi connectivity index (χ4v) is 4.09. The van der Waals surface area contributed by atoms with E-state index < -0.39 is 0 Å². The molecule has 3 aromatic rings. The molecule has 128 valence electrons. The predicted octanol–water partition coefficient (Wildman–Crippen LogP) is 4.67. The number of fused-ring (bicyclic) bond motifs is 1. The number of aromatic nitrogens is 2. The molecule has 4 nitrogen and oxygen atoms in total. The van der Waals surface area contributed by atoms with E-state index in [-0.39, 0.29) is 11.9 Å². The number of hydrogen-bond acceptors (Lipinski definition) is 4. The Balaban J connectivity index is 1.68. The maximum absolute atomic E-state index is 12.3. The summed E-state index contributed by atoms with van der Waals surface area (Å²) in [4.78, 5) is 21.3. The molecule has 25 heavy (non-hydrogen) atoms. The van der Waals surface area contributed by atoms with Gasteiger partial charge in [0.15, 0.2) is 0 Å². The highest BCUT2D eigenvalue weighted by Crippen LogP contribution is 2.26. The Bertz CT molecular complexity index is 916. The van der Waals surface area contributed by atoms with Crippen molar-refractivity contribution in [2.24, 2.45) is 0 Å². The molecule has 0 radical (unpaired) electrons. The third-order valence-electron chi connectivity index (χ3n) is 3.77. The number of nitrogens with one attached hydrogen (secondary N) is 1. The van der Waals surface area contributed by atoms with Crippen LogP contribution in [0.3, 0.4) is 0 Å². The summed E-state index contributed by atoms with van der Waals surface area (Å²) in [7, 11) is 0. The van der Waals surface area contributed by atoms with Gasteiger partial charge in [0.1, 0.15) is 10.9 Å². The topological polar surface area (TPSA) is 54.9 Å². The van der Waals surface area contributed by atoms with Crippen molar-refractivity contribution in [2.45, 2.75) is 24.9 Å². The Morgan fingerprint density at radius 2 is 1.88 bits per heavy atom. The summed E-state index contributed by atoms with van der Waals surface area (Å²) in [6.45, 7) is 3.85. The highest BCUT2D eigenvalue weighted by molar-refractivity contribution is 9.10. The summed E-state index contributed by atoms with van der Waals surface area (Å²) >= 11 is 4.96. The van der Waals surface area contributed by atoms with Crippen LogP contribution < -0.4 is 5.32 Å². The van der Waals surface area contributed by atoms with Crippen LogP contribution in [0, 0.1) is 6.92 Å². The maximum Gasteiger partial charge on any atom is 0.230 e. The van der Waals surface area contributed by atoms with Crippen LogP contribution in [0.25, 0.3) is 10.9 Å². The molecule has 1 aromatic heterocycles. The Morgan fingerprint density at radius 3 is 2.68 bits per heavy atom. The summed E-state index contributed by atoms with van der Waals surface area (Å²) in [5, 5.41) is 4.85. The van der Waals surface area contributed by atoms with Crippen molar-refractivity contribution >= 4 is 44.5 Å². The monoisotopic (exact) mass is 415 g/mol. The minimum Gasteiger partial charge on any atom is -0.349 e. The predicted molar refractivity (Wildman–Crippen MR) is 106 cm³/mol. The molecule has 0 fully saturated rings. The molecular formula is C19H18BrN3OS. The molecule has 1 heterocycles. The standard InChI is InChI=1S/C19H18BrN3OS/c1-12(14-7-3-5-9-16(14)20)21-18(24)11-25-19-15-8-4-6-10-17(15)22-13(2)23-19/h3-10,12H,11H2,1-2H3,(H,21,24)/t12-/m1/s1. The van der Waals surface area contributed by atoms with Gasteiger partial charge >= 0.3 is 0 Å². The smallest absolute Gasteiger partial charge is 0.230 e. The fraction of sp³-hybridized carbons (Fsp3) is 0.211. The van der Waals surface area contributed by atoms with E-state index in [1.54, 1.807) is 0 Å². The molecule has 0 aliphatic heterocycles. The number of carbonyl (C=O) groups excluding carboxylic acids is 1. The first kappa shape index (κ1) is 17.9. The zero-order chi connectivity index (χ0) is 17.8. The van der Waals surface area contributed by atoms with E-state index in [9.17, 15) is 4.79 Å². The van der Waals surface area contributed by atoms with Crippen molar-refractivity contribution in [3.05, 3.63) is 64.4 Å². The van der Waals surface area contributed by atoms with Crippen LogP contribution in [0.1, 0.15) is 24.4 Å². The Hall–Kier alpha value is -1.92. The summed E-state index contributed by atoms with van der Waals surface area (Å²) in [5.41, 5.74) is 1.96. The van der Waals surface area contributed by atoms with Gasteiger partial charge < -0.3 is 5.32 Å². The van der Waals surface area contributed by atoms with E-state index in [1.165, 1.54) is 11.8 Å². The number of amides is 1. The third-order valence-corrected chi connectivity index (χ3v) is 5.48. The zero-order valence-electron chi connectivity index (χ0n) is 14.0. The number of aryl methyl sites for hydroxylation is 1. The van der Waals surface area contributed by atoms with Gasteiger partial charge in [0.2, 0.25) is 5.91 Å². The molecule has 0 bridgehead atoms. The Morgan fingerprint density at radius 1 is 1.16 bits per heavy atom. The van der Waals surface area contributed by atoms with Crippen molar-refractivity contribution in [1.82, 2.24) is 15.3 Å². The number of benzene rings is 2. The summed E-state index contributed by atoms with van der Waals surface area (Å²) in [6, 6.07) is 15.7. The lowest BCUT2D eigenvalue weighted by atomic mass is 10.1. The van der Waals surface area contributed by atoms with E-state index in [4.69, 9.17) is 0 Å². The number of carbonyl (C=O) groups is 1. The number of thioether (sulfide) groups is 1. The van der Waals surface area contributed by atoms with Gasteiger partial charge in [-0.15, -0.1) is 0 Å². The number of para-hydroxylation sites is 1. The number of hydrogen-bond donors (Lipinski definition) is 1. The molecule has 0 saturated heterocycles. The molecule has 0 unspecified atom stereocenters. The molecule has 2 aromatic carbocycles. The molecule has 0 aliphatic carbocycles. The molecule has 1 amide bonds. The van der Waals surface area contributed by atoms with Crippen LogP contribution in [-0.2, 0) is 4.79 Å². The van der Waals surface area contributed by atoms with Crippen molar-refractivity contribution in [1.29, 1.82) is 0 Å². The van der Waals surface area contributed by atoms with Crippen molar-refractivity contribution in [3.8, 4) is 0 Å². The highest BCUT2D eigenvalue weighted by Gasteiger charge is 2.13. The second-order valence-corrected chi connectivity index (χ2v) is 7.51. The van der Waals surface area contributed by atoms with E-state index >= 15 is 0 Å². The lowest BCUT2D eigenvalue weighted by Crippen LogP contribution is -2.28. The lowest BCUT2D eigenvalue weighted by molar-refractivity contribution is -0.119. The first-order valence-electron chi connectivity index (χ1n) is 7.94. The van der Waals surface area contributed by atoms with Gasteiger partial charge in [-0.2, -0.15) is 0 Å². The lowest BCUT2D eigenvalue weighted by Gasteiger charge is -2.15. The van der Waals surface area contributed by atoms with Gasteiger partial charge in [0, 0.05) is 9.86 Å². The normalized spacial score (nSPS) is 12.1. The van der Waals surface area contributed by atoms with E-state index in [0.717, 1.165) is 26.0 Å². The quantitative estimate of drug-likeness (QED) is 0.485.